The van der Waals surface area contributed by atoms with E-state index in [0.717, 1.165) is 57.8 Å². The van der Waals surface area contributed by atoms with Crippen LogP contribution in [0.4, 0.5) is 0 Å². The number of aliphatic hydroxyl groups is 7. The molecular weight excluding hydrogens is 838 g/mol. The maximum absolute atomic E-state index is 13.0. The number of phosphoric ester groups is 1. The molecule has 376 valence electrons. The van der Waals surface area contributed by atoms with Gasteiger partial charge in [0.1, 0.15) is 36.6 Å². The van der Waals surface area contributed by atoms with Crippen molar-refractivity contribution in [2.24, 2.45) is 0 Å². The standard InChI is InChI=1S/C50H94NO12P/c1-3-5-7-9-11-13-15-17-18-19-20-21-22-23-24-26-28-30-32-34-36-38-43(53)42(40-62-64(60,61)63-50-48(58)46(56)45(55)47(57)49(50)59)51-44(54)39-41(52)37-35-33-31-29-27-25-16-14-12-10-8-6-4-2/h12,14,16,25,36,38,41-43,45-50,52-53,55-59H,3-11,13,15,17-24,26-35,37,39-40H2,1-2H3,(H,51,54)(H,60,61)/b14-12-,25-16-,38-36+. The van der Waals surface area contributed by atoms with E-state index in [1.54, 1.807) is 6.08 Å². The van der Waals surface area contributed by atoms with Gasteiger partial charge < -0.3 is 46.0 Å². The third-order valence-electron chi connectivity index (χ3n) is 12.2. The predicted molar refractivity (Wildman–Crippen MR) is 257 cm³/mol. The molecule has 0 heterocycles. The highest BCUT2D eigenvalue weighted by Crippen LogP contribution is 2.47. The van der Waals surface area contributed by atoms with Gasteiger partial charge in [-0.2, -0.15) is 0 Å². The molecule has 0 aromatic rings. The molecule has 1 aliphatic rings. The first kappa shape index (κ1) is 60.5. The lowest BCUT2D eigenvalue weighted by atomic mass is 9.85. The molecule has 8 atom stereocenters. The fourth-order valence-electron chi connectivity index (χ4n) is 8.06. The topological polar surface area (TPSA) is 226 Å². The van der Waals surface area contributed by atoms with E-state index in [2.05, 4.69) is 43.5 Å². The van der Waals surface area contributed by atoms with Crippen LogP contribution >= 0.6 is 7.82 Å². The Morgan fingerprint density at radius 2 is 0.938 bits per heavy atom. The van der Waals surface area contributed by atoms with Crippen LogP contribution in [0, 0.1) is 0 Å². The maximum atomic E-state index is 13.0. The minimum atomic E-state index is -5.15. The van der Waals surface area contributed by atoms with Crippen molar-refractivity contribution < 1.29 is 59.0 Å². The van der Waals surface area contributed by atoms with Crippen molar-refractivity contribution >= 4 is 13.7 Å². The molecule has 0 radical (unpaired) electrons. The second-order valence-electron chi connectivity index (χ2n) is 18.2. The molecule has 13 nitrogen and oxygen atoms in total. The van der Waals surface area contributed by atoms with E-state index in [9.17, 15) is 50.0 Å². The maximum Gasteiger partial charge on any atom is 0.472 e. The van der Waals surface area contributed by atoms with Crippen molar-refractivity contribution in [2.75, 3.05) is 6.61 Å². The molecule has 0 bridgehead atoms. The Labute approximate surface area is 387 Å². The SMILES string of the molecule is CCCCC/C=C\C=C/CCCCCCC(O)CC(=O)NC(COP(=O)(O)OC1C(O)C(O)C(O)C(O)C1O)C(O)/C=C/CCCCCCCCCCCCCCCCCCCCC. The molecule has 1 amide bonds. The van der Waals surface area contributed by atoms with Crippen LogP contribution in [0.3, 0.4) is 0 Å². The van der Waals surface area contributed by atoms with Crippen LogP contribution in [0.25, 0.3) is 0 Å². The van der Waals surface area contributed by atoms with Gasteiger partial charge in [0.15, 0.2) is 0 Å². The predicted octanol–water partition coefficient (Wildman–Crippen LogP) is 9.31. The number of hydrogen-bond acceptors (Lipinski definition) is 11. The zero-order valence-corrected chi connectivity index (χ0v) is 40.8. The molecule has 1 aliphatic carbocycles. The van der Waals surface area contributed by atoms with Crippen LogP contribution in [0.2, 0.25) is 0 Å². The highest BCUT2D eigenvalue weighted by molar-refractivity contribution is 7.47. The van der Waals surface area contributed by atoms with Gasteiger partial charge in [-0.25, -0.2) is 4.57 Å². The summed E-state index contributed by atoms with van der Waals surface area (Å²) in [6, 6.07) is -1.25. The monoisotopic (exact) mass is 932 g/mol. The summed E-state index contributed by atoms with van der Waals surface area (Å²) in [6.07, 6.45) is 32.3. The number of phosphoric acid groups is 1. The van der Waals surface area contributed by atoms with Gasteiger partial charge >= 0.3 is 7.82 Å². The smallest absolute Gasteiger partial charge is 0.393 e. The van der Waals surface area contributed by atoms with Gasteiger partial charge in [-0.05, 0) is 44.9 Å². The van der Waals surface area contributed by atoms with Crippen molar-refractivity contribution in [3.05, 3.63) is 36.5 Å². The summed E-state index contributed by atoms with van der Waals surface area (Å²) >= 11 is 0. The normalized spacial score (nSPS) is 23.0. The molecule has 0 aliphatic heterocycles. The van der Waals surface area contributed by atoms with E-state index in [4.69, 9.17) is 9.05 Å². The van der Waals surface area contributed by atoms with Crippen LogP contribution in [0.5, 0.6) is 0 Å². The summed E-state index contributed by atoms with van der Waals surface area (Å²) in [7, 11) is -5.15. The fraction of sp³-hybridized carbons (Fsp3) is 0.860. The van der Waals surface area contributed by atoms with E-state index in [-0.39, 0.29) is 6.42 Å². The van der Waals surface area contributed by atoms with E-state index < -0.39 is 75.2 Å². The number of carbonyl (C=O) groups excluding carboxylic acids is 1. The second-order valence-corrected chi connectivity index (χ2v) is 19.6. The number of aliphatic hydroxyl groups excluding tert-OH is 7. The molecule has 1 fully saturated rings. The van der Waals surface area contributed by atoms with E-state index in [1.165, 1.54) is 128 Å². The number of allylic oxidation sites excluding steroid dienone is 5. The first-order valence-electron chi connectivity index (χ1n) is 25.5. The first-order valence-corrected chi connectivity index (χ1v) is 27.0. The summed E-state index contributed by atoms with van der Waals surface area (Å²) < 4.78 is 22.9. The fourth-order valence-corrected chi connectivity index (χ4v) is 9.02. The van der Waals surface area contributed by atoms with Gasteiger partial charge in [0.2, 0.25) is 5.91 Å². The zero-order valence-electron chi connectivity index (χ0n) is 39.9. The molecule has 0 saturated heterocycles. The van der Waals surface area contributed by atoms with Gasteiger partial charge in [0.05, 0.1) is 31.3 Å². The van der Waals surface area contributed by atoms with Crippen molar-refractivity contribution in [3.63, 3.8) is 0 Å². The number of rotatable bonds is 42. The minimum Gasteiger partial charge on any atom is -0.393 e. The molecule has 8 unspecified atom stereocenters. The van der Waals surface area contributed by atoms with Gasteiger partial charge in [-0.1, -0.05) is 198 Å². The second kappa shape index (κ2) is 39.5. The summed E-state index contributed by atoms with van der Waals surface area (Å²) in [4.78, 5) is 23.5. The summed E-state index contributed by atoms with van der Waals surface area (Å²) in [6.45, 7) is 3.72. The van der Waals surface area contributed by atoms with E-state index in [0.29, 0.717) is 12.8 Å². The summed E-state index contributed by atoms with van der Waals surface area (Å²) in [5, 5.41) is 74.6. The van der Waals surface area contributed by atoms with Gasteiger partial charge in [0.25, 0.3) is 0 Å². The Bertz CT molecular complexity index is 1240. The minimum absolute atomic E-state index is 0.258. The molecule has 9 N–H and O–H groups in total. The Kier molecular flexibility index (Phi) is 37.4. The molecule has 14 heteroatoms. The van der Waals surface area contributed by atoms with Crippen molar-refractivity contribution in [2.45, 2.75) is 268 Å². The summed E-state index contributed by atoms with van der Waals surface area (Å²) in [5.74, 6) is -0.604. The van der Waals surface area contributed by atoms with Crippen LogP contribution in [-0.2, 0) is 18.4 Å². The third-order valence-corrected chi connectivity index (χ3v) is 13.2. The van der Waals surface area contributed by atoms with E-state index >= 15 is 0 Å². The summed E-state index contributed by atoms with van der Waals surface area (Å²) in [5.41, 5.74) is 0. The highest BCUT2D eigenvalue weighted by Gasteiger charge is 2.51. The number of nitrogens with one attached hydrogen (secondary N) is 1. The highest BCUT2D eigenvalue weighted by atomic mass is 31.2. The number of hydrogen-bond donors (Lipinski definition) is 9. The van der Waals surface area contributed by atoms with Crippen LogP contribution in [-0.4, -0.2) is 108 Å². The van der Waals surface area contributed by atoms with Gasteiger partial charge in [-0.3, -0.25) is 13.8 Å². The number of amides is 1. The lowest BCUT2D eigenvalue weighted by Gasteiger charge is -2.41. The van der Waals surface area contributed by atoms with Crippen molar-refractivity contribution in [3.8, 4) is 0 Å². The molecule has 0 aromatic carbocycles. The van der Waals surface area contributed by atoms with E-state index in [1.807, 2.05) is 0 Å². The molecular formula is C50H94NO12P. The lowest BCUT2D eigenvalue weighted by Crippen LogP contribution is -2.64. The third kappa shape index (κ3) is 30.7. The zero-order chi connectivity index (χ0) is 47.3. The lowest BCUT2D eigenvalue weighted by molar-refractivity contribution is -0.220. The Balaban J connectivity index is 2.50. The molecule has 1 rings (SSSR count). The Morgan fingerprint density at radius 1 is 0.562 bits per heavy atom. The quantitative estimate of drug-likeness (QED) is 0.0121. The Morgan fingerprint density at radius 3 is 1.41 bits per heavy atom. The van der Waals surface area contributed by atoms with Gasteiger partial charge in [-0.15, -0.1) is 0 Å². The van der Waals surface area contributed by atoms with Crippen LogP contribution in [0.1, 0.15) is 213 Å². The first-order chi connectivity index (χ1) is 30.8. The average Bonchev–Trinajstić information content (AvgIpc) is 3.27. The molecule has 64 heavy (non-hydrogen) atoms. The number of carbonyl (C=O) groups is 1. The van der Waals surface area contributed by atoms with Crippen molar-refractivity contribution in [1.29, 1.82) is 0 Å². The Hall–Kier alpha value is -1.48. The largest absolute Gasteiger partial charge is 0.472 e. The van der Waals surface area contributed by atoms with Crippen LogP contribution in [0.15, 0.2) is 36.5 Å². The average molecular weight is 932 g/mol. The molecule has 0 spiro atoms. The number of unbranched alkanes of at least 4 members (excludes halogenated alkanes) is 26. The van der Waals surface area contributed by atoms with Crippen LogP contribution < -0.4 is 5.32 Å². The van der Waals surface area contributed by atoms with Crippen molar-refractivity contribution in [1.82, 2.24) is 5.32 Å². The molecule has 1 saturated carbocycles. The van der Waals surface area contributed by atoms with Gasteiger partial charge in [0, 0.05) is 0 Å². The molecule has 0 aromatic heterocycles.